The first-order valence-electron chi connectivity index (χ1n) is 9.16. The van der Waals surface area contributed by atoms with E-state index in [0.29, 0.717) is 18.8 Å². The minimum Gasteiger partial charge on any atom is -0.356 e. The highest BCUT2D eigenvalue weighted by Crippen LogP contribution is 2.30. The molecule has 0 bridgehead atoms. The van der Waals surface area contributed by atoms with Gasteiger partial charge in [0.1, 0.15) is 17.3 Å². The molecule has 1 fully saturated rings. The Morgan fingerprint density at radius 2 is 2.08 bits per heavy atom. The monoisotopic (exact) mass is 367 g/mol. The standard InChI is InChI=1S/C19H21N5OS/c1-12-20-16-11-24(19(25)15-10-17-14(22-15)5-9-26-17)8-4-13(16)18(21-12)23-6-2-3-7-23/h5,9-10,22H,2-4,6-8,11H2,1H3. The number of H-pyrrole nitrogens is 1. The van der Waals surface area contributed by atoms with Crippen molar-refractivity contribution in [3.05, 3.63) is 40.3 Å². The van der Waals surface area contributed by atoms with E-state index in [1.165, 1.54) is 18.4 Å². The number of aromatic nitrogens is 3. The predicted molar refractivity (Wildman–Crippen MR) is 103 cm³/mol. The maximum absolute atomic E-state index is 12.9. The molecule has 1 N–H and O–H groups in total. The molecule has 1 saturated heterocycles. The third-order valence-electron chi connectivity index (χ3n) is 5.32. The normalized spacial score (nSPS) is 17.1. The first kappa shape index (κ1) is 15.8. The van der Waals surface area contributed by atoms with Gasteiger partial charge in [0.15, 0.2) is 0 Å². The summed E-state index contributed by atoms with van der Waals surface area (Å²) in [6.07, 6.45) is 3.28. The summed E-state index contributed by atoms with van der Waals surface area (Å²) in [5.41, 5.74) is 3.94. The van der Waals surface area contributed by atoms with E-state index in [2.05, 4.69) is 14.9 Å². The lowest BCUT2D eigenvalue weighted by Gasteiger charge is -2.31. The number of nitrogens with one attached hydrogen (secondary N) is 1. The average molecular weight is 367 g/mol. The van der Waals surface area contributed by atoms with Crippen LogP contribution in [0.1, 0.15) is 40.4 Å². The fraction of sp³-hybridized carbons (Fsp3) is 0.421. The summed E-state index contributed by atoms with van der Waals surface area (Å²) < 4.78 is 1.13. The van der Waals surface area contributed by atoms with Crippen LogP contribution in [0.3, 0.4) is 0 Å². The second-order valence-electron chi connectivity index (χ2n) is 7.07. The van der Waals surface area contributed by atoms with Gasteiger partial charge in [-0.05, 0) is 43.7 Å². The zero-order valence-corrected chi connectivity index (χ0v) is 15.6. The number of aromatic amines is 1. The zero-order valence-electron chi connectivity index (χ0n) is 14.8. The quantitative estimate of drug-likeness (QED) is 0.756. The van der Waals surface area contributed by atoms with Gasteiger partial charge in [-0.15, -0.1) is 11.3 Å². The molecule has 26 heavy (non-hydrogen) atoms. The van der Waals surface area contributed by atoms with Crippen LogP contribution in [0.2, 0.25) is 0 Å². The number of nitrogens with zero attached hydrogens (tertiary/aromatic N) is 4. The van der Waals surface area contributed by atoms with Gasteiger partial charge < -0.3 is 14.8 Å². The van der Waals surface area contributed by atoms with Crippen molar-refractivity contribution in [1.82, 2.24) is 19.9 Å². The molecule has 0 saturated carbocycles. The second kappa shape index (κ2) is 6.09. The molecule has 6 nitrogen and oxygen atoms in total. The van der Waals surface area contributed by atoms with Gasteiger partial charge in [-0.3, -0.25) is 4.79 Å². The number of carbonyl (C=O) groups is 1. The van der Waals surface area contributed by atoms with Crippen molar-refractivity contribution in [2.75, 3.05) is 24.5 Å². The van der Waals surface area contributed by atoms with Gasteiger partial charge in [-0.25, -0.2) is 9.97 Å². The van der Waals surface area contributed by atoms with Gasteiger partial charge in [0.25, 0.3) is 5.91 Å². The number of hydrogen-bond acceptors (Lipinski definition) is 5. The van der Waals surface area contributed by atoms with E-state index in [9.17, 15) is 4.79 Å². The van der Waals surface area contributed by atoms with Gasteiger partial charge in [-0.1, -0.05) is 0 Å². The summed E-state index contributed by atoms with van der Waals surface area (Å²) in [7, 11) is 0. The summed E-state index contributed by atoms with van der Waals surface area (Å²) in [5.74, 6) is 1.94. The highest BCUT2D eigenvalue weighted by Gasteiger charge is 2.28. The number of thiophene rings is 1. The summed E-state index contributed by atoms with van der Waals surface area (Å²) in [4.78, 5) is 29.9. The van der Waals surface area contributed by atoms with Crippen molar-refractivity contribution in [2.24, 2.45) is 0 Å². The number of anilines is 1. The number of rotatable bonds is 2. The Balaban J connectivity index is 1.44. The molecule has 1 amide bonds. The summed E-state index contributed by atoms with van der Waals surface area (Å²) in [6.45, 7) is 5.37. The van der Waals surface area contributed by atoms with Gasteiger partial charge in [-0.2, -0.15) is 0 Å². The molecular formula is C19H21N5OS. The van der Waals surface area contributed by atoms with Crippen LogP contribution in [0, 0.1) is 6.92 Å². The van der Waals surface area contributed by atoms with E-state index in [4.69, 9.17) is 4.98 Å². The smallest absolute Gasteiger partial charge is 0.270 e. The molecule has 0 unspecified atom stereocenters. The number of aryl methyl sites for hydroxylation is 1. The van der Waals surface area contributed by atoms with Gasteiger partial charge in [0.2, 0.25) is 0 Å². The third kappa shape index (κ3) is 2.58. The Morgan fingerprint density at radius 3 is 2.88 bits per heavy atom. The number of fused-ring (bicyclic) bond motifs is 2. The predicted octanol–water partition coefficient (Wildman–Crippen LogP) is 3.13. The fourth-order valence-corrected chi connectivity index (χ4v) is 4.81. The maximum atomic E-state index is 12.9. The molecule has 134 valence electrons. The molecule has 3 aromatic heterocycles. The largest absolute Gasteiger partial charge is 0.356 e. The molecule has 0 aliphatic carbocycles. The topological polar surface area (TPSA) is 65.1 Å². The molecule has 5 rings (SSSR count). The minimum absolute atomic E-state index is 0.0537. The summed E-state index contributed by atoms with van der Waals surface area (Å²) in [6, 6.07) is 3.97. The lowest BCUT2D eigenvalue weighted by molar-refractivity contribution is 0.0726. The van der Waals surface area contributed by atoms with E-state index in [-0.39, 0.29) is 5.91 Å². The Hall–Kier alpha value is -2.41. The maximum Gasteiger partial charge on any atom is 0.270 e. The second-order valence-corrected chi connectivity index (χ2v) is 8.02. The van der Waals surface area contributed by atoms with Crippen LogP contribution in [-0.4, -0.2) is 45.4 Å². The molecule has 5 heterocycles. The van der Waals surface area contributed by atoms with Gasteiger partial charge in [0, 0.05) is 25.2 Å². The lowest BCUT2D eigenvalue weighted by atomic mass is 10.0. The van der Waals surface area contributed by atoms with Crippen molar-refractivity contribution < 1.29 is 4.79 Å². The van der Waals surface area contributed by atoms with Crippen LogP contribution in [0.15, 0.2) is 17.5 Å². The summed E-state index contributed by atoms with van der Waals surface area (Å²) in [5, 5.41) is 2.03. The first-order valence-corrected chi connectivity index (χ1v) is 10.0. The van der Waals surface area contributed by atoms with E-state index in [1.807, 2.05) is 29.3 Å². The van der Waals surface area contributed by atoms with E-state index < -0.39 is 0 Å². The Bertz CT molecular complexity index is 957. The molecule has 0 aromatic carbocycles. The third-order valence-corrected chi connectivity index (χ3v) is 6.18. The SMILES string of the molecule is Cc1nc2c(c(N3CCCC3)n1)CCN(C(=O)c1cc3sccc3[nH]1)C2. The molecule has 2 aliphatic rings. The van der Waals surface area contributed by atoms with E-state index in [0.717, 1.165) is 47.1 Å². The average Bonchev–Trinajstić information content (AvgIpc) is 3.36. The number of carbonyl (C=O) groups excluding carboxylic acids is 1. The van der Waals surface area contributed by atoms with Crippen molar-refractivity contribution in [2.45, 2.75) is 32.7 Å². The Labute approximate surface area is 155 Å². The molecule has 0 spiro atoms. The van der Waals surface area contributed by atoms with Crippen molar-refractivity contribution in [1.29, 1.82) is 0 Å². The van der Waals surface area contributed by atoms with Crippen LogP contribution in [-0.2, 0) is 13.0 Å². The van der Waals surface area contributed by atoms with Crippen LogP contribution in [0.4, 0.5) is 5.82 Å². The first-order chi connectivity index (χ1) is 12.7. The lowest BCUT2D eigenvalue weighted by Crippen LogP contribution is -2.38. The minimum atomic E-state index is 0.0537. The molecule has 3 aromatic rings. The number of amides is 1. The van der Waals surface area contributed by atoms with Crippen molar-refractivity contribution in [3.63, 3.8) is 0 Å². The van der Waals surface area contributed by atoms with E-state index in [1.54, 1.807) is 11.3 Å². The molecule has 2 aliphatic heterocycles. The van der Waals surface area contributed by atoms with Crippen molar-refractivity contribution >= 4 is 33.3 Å². The highest BCUT2D eigenvalue weighted by molar-refractivity contribution is 7.17. The van der Waals surface area contributed by atoms with Crippen LogP contribution in [0.5, 0.6) is 0 Å². The van der Waals surface area contributed by atoms with Gasteiger partial charge in [0.05, 0.1) is 22.5 Å². The molecule has 0 radical (unpaired) electrons. The van der Waals surface area contributed by atoms with E-state index >= 15 is 0 Å². The number of hydrogen-bond donors (Lipinski definition) is 1. The zero-order chi connectivity index (χ0) is 17.7. The van der Waals surface area contributed by atoms with Crippen molar-refractivity contribution in [3.8, 4) is 0 Å². The molecule has 7 heteroatoms. The Morgan fingerprint density at radius 1 is 1.23 bits per heavy atom. The van der Waals surface area contributed by atoms with Gasteiger partial charge >= 0.3 is 0 Å². The highest BCUT2D eigenvalue weighted by atomic mass is 32.1. The molecule has 0 atom stereocenters. The summed E-state index contributed by atoms with van der Waals surface area (Å²) >= 11 is 1.65. The van der Waals surface area contributed by atoms with Crippen LogP contribution >= 0.6 is 11.3 Å². The van der Waals surface area contributed by atoms with Crippen LogP contribution in [0.25, 0.3) is 10.2 Å². The fourth-order valence-electron chi connectivity index (χ4n) is 4.03. The van der Waals surface area contributed by atoms with Crippen LogP contribution < -0.4 is 4.90 Å². The Kier molecular flexibility index (Phi) is 3.70. The molecular weight excluding hydrogens is 346 g/mol.